The van der Waals surface area contributed by atoms with Gasteiger partial charge in [0.1, 0.15) is 5.75 Å². The number of ketones is 1. The minimum Gasteiger partial charge on any atom is -0.495 e. The molecule has 2 aromatic rings. The molecule has 1 amide bonds. The summed E-state index contributed by atoms with van der Waals surface area (Å²) in [5.74, 6) is -0.561. The first-order valence-electron chi connectivity index (χ1n) is 12.4. The van der Waals surface area contributed by atoms with Gasteiger partial charge in [0.25, 0.3) is 5.91 Å². The molecule has 1 aliphatic carbocycles. The lowest BCUT2D eigenvalue weighted by Gasteiger charge is -2.57. The van der Waals surface area contributed by atoms with Gasteiger partial charge in [-0.1, -0.05) is 30.3 Å². The number of esters is 1. The zero-order valence-corrected chi connectivity index (χ0v) is 20.2. The molecule has 4 atom stereocenters. The quantitative estimate of drug-likeness (QED) is 0.500. The van der Waals surface area contributed by atoms with Gasteiger partial charge in [0.15, 0.2) is 0 Å². The van der Waals surface area contributed by atoms with Gasteiger partial charge in [0, 0.05) is 23.1 Å². The number of hydrogen-bond acceptors (Lipinski definition) is 6. The minimum absolute atomic E-state index is 0.0562. The molecule has 3 heterocycles. The number of nitrogens with zero attached hydrogens (tertiary/aromatic N) is 2. The van der Waals surface area contributed by atoms with Crippen molar-refractivity contribution in [1.29, 1.82) is 0 Å². The van der Waals surface area contributed by atoms with E-state index in [9.17, 15) is 14.4 Å². The molecule has 182 valence electrons. The van der Waals surface area contributed by atoms with Gasteiger partial charge in [0.2, 0.25) is 5.78 Å². The molecule has 0 bridgehead atoms. The van der Waals surface area contributed by atoms with E-state index in [0.29, 0.717) is 30.6 Å². The minimum atomic E-state index is -0.801. The molecule has 0 radical (unpaired) electrons. The second-order valence-electron chi connectivity index (χ2n) is 10.3. The van der Waals surface area contributed by atoms with Gasteiger partial charge >= 0.3 is 5.97 Å². The molecular formula is C28H30N2O5. The first-order valence-corrected chi connectivity index (χ1v) is 12.4. The molecule has 1 spiro atoms. The third kappa shape index (κ3) is 2.79. The molecule has 7 heteroatoms. The number of carbonyl (C=O) groups is 3. The summed E-state index contributed by atoms with van der Waals surface area (Å²) in [6.07, 6.45) is 3.57. The number of rotatable bonds is 4. The monoisotopic (exact) mass is 474 g/mol. The lowest BCUT2D eigenvalue weighted by atomic mass is 9.51. The summed E-state index contributed by atoms with van der Waals surface area (Å²) in [6, 6.07) is 15.0. The van der Waals surface area contributed by atoms with Crippen LogP contribution in [0.5, 0.6) is 5.75 Å². The van der Waals surface area contributed by atoms with E-state index in [0.717, 1.165) is 37.2 Å². The Morgan fingerprint density at radius 1 is 0.943 bits per heavy atom. The van der Waals surface area contributed by atoms with Crippen molar-refractivity contribution in [2.24, 2.45) is 5.41 Å². The van der Waals surface area contributed by atoms with Crippen LogP contribution in [0.1, 0.15) is 48.0 Å². The van der Waals surface area contributed by atoms with Crippen LogP contribution in [0.3, 0.4) is 0 Å². The first kappa shape index (κ1) is 22.3. The smallest absolute Gasteiger partial charge is 0.374 e. The molecule has 2 aromatic carbocycles. The van der Waals surface area contributed by atoms with E-state index >= 15 is 0 Å². The number of para-hydroxylation sites is 1. The summed E-state index contributed by atoms with van der Waals surface area (Å²) in [7, 11) is 2.91. The Morgan fingerprint density at radius 3 is 2.49 bits per heavy atom. The van der Waals surface area contributed by atoms with Crippen LogP contribution >= 0.6 is 0 Å². The van der Waals surface area contributed by atoms with Crippen molar-refractivity contribution in [1.82, 2.24) is 4.90 Å². The molecule has 7 nitrogen and oxygen atoms in total. The van der Waals surface area contributed by atoms with Gasteiger partial charge in [-0.05, 0) is 69.0 Å². The van der Waals surface area contributed by atoms with Crippen molar-refractivity contribution < 1.29 is 23.9 Å². The van der Waals surface area contributed by atoms with E-state index < -0.39 is 22.6 Å². The summed E-state index contributed by atoms with van der Waals surface area (Å²) in [5, 5.41) is 0. The van der Waals surface area contributed by atoms with Crippen LogP contribution in [-0.4, -0.2) is 62.0 Å². The van der Waals surface area contributed by atoms with Gasteiger partial charge in [-0.15, -0.1) is 0 Å². The lowest BCUT2D eigenvalue weighted by molar-refractivity contribution is -0.163. The normalized spacial score (nSPS) is 30.7. The van der Waals surface area contributed by atoms with Gasteiger partial charge in [-0.3, -0.25) is 14.5 Å². The number of ether oxygens (including phenoxy) is 2. The molecule has 0 aromatic heterocycles. The molecule has 0 N–H and O–H groups in total. The van der Waals surface area contributed by atoms with Crippen molar-refractivity contribution in [2.75, 3.05) is 32.2 Å². The van der Waals surface area contributed by atoms with Crippen molar-refractivity contribution in [3.8, 4) is 5.75 Å². The summed E-state index contributed by atoms with van der Waals surface area (Å²) >= 11 is 0. The number of amides is 1. The van der Waals surface area contributed by atoms with Crippen LogP contribution in [-0.2, 0) is 19.7 Å². The zero-order valence-electron chi connectivity index (χ0n) is 20.2. The SMILES string of the molecule is COC(=O)C(=O)[C@@]12CCCN3CC[C@]4(c5cccc(OC)c5N(C(=O)c5ccccc5)[C@@H]4CC1)[C@H]32. The second-order valence-corrected chi connectivity index (χ2v) is 10.3. The van der Waals surface area contributed by atoms with Gasteiger partial charge in [-0.25, -0.2) is 4.79 Å². The van der Waals surface area contributed by atoms with E-state index in [1.165, 1.54) is 7.11 Å². The number of methoxy groups -OCH3 is 2. The van der Waals surface area contributed by atoms with Crippen LogP contribution in [0.15, 0.2) is 48.5 Å². The molecule has 3 fully saturated rings. The maximum atomic E-state index is 14.0. The van der Waals surface area contributed by atoms with E-state index in [1.807, 2.05) is 47.4 Å². The highest BCUT2D eigenvalue weighted by Gasteiger charge is 2.71. The van der Waals surface area contributed by atoms with Crippen molar-refractivity contribution in [2.45, 2.75) is 49.6 Å². The highest BCUT2D eigenvalue weighted by Crippen LogP contribution is 2.66. The summed E-state index contributed by atoms with van der Waals surface area (Å²) < 4.78 is 10.7. The van der Waals surface area contributed by atoms with Gasteiger partial charge in [0.05, 0.1) is 25.3 Å². The number of benzene rings is 2. The Balaban J connectivity index is 1.57. The summed E-state index contributed by atoms with van der Waals surface area (Å²) in [4.78, 5) is 44.7. The standard InChI is InChI=1S/C28H30N2O5/c1-34-20-11-6-10-19-22(20)30(24(32)18-8-4-3-5-9-18)21-12-14-27(23(31)25(33)35-2)13-7-16-29-17-15-28(19,21)26(27)29/h3-6,8-11,21,26H,7,12-17H2,1-2H3/t21-,26-,27-,28-/m1/s1. The molecule has 2 saturated heterocycles. The largest absolute Gasteiger partial charge is 0.495 e. The second kappa shape index (κ2) is 7.92. The van der Waals surface area contributed by atoms with Crippen LogP contribution in [0, 0.1) is 5.41 Å². The lowest BCUT2D eigenvalue weighted by Crippen LogP contribution is -2.68. The third-order valence-electron chi connectivity index (χ3n) is 9.05. The molecule has 6 rings (SSSR count). The third-order valence-corrected chi connectivity index (χ3v) is 9.05. The van der Waals surface area contributed by atoms with Crippen molar-refractivity contribution in [3.05, 3.63) is 59.7 Å². The van der Waals surface area contributed by atoms with Crippen molar-refractivity contribution in [3.63, 3.8) is 0 Å². The Morgan fingerprint density at radius 2 is 1.74 bits per heavy atom. The average molecular weight is 475 g/mol. The van der Waals surface area contributed by atoms with Crippen LogP contribution in [0.25, 0.3) is 0 Å². The number of hydrogen-bond donors (Lipinski definition) is 0. The van der Waals surface area contributed by atoms with E-state index in [2.05, 4.69) is 11.0 Å². The van der Waals surface area contributed by atoms with Crippen LogP contribution in [0.2, 0.25) is 0 Å². The Kier molecular flexibility index (Phi) is 5.04. The topological polar surface area (TPSA) is 76.2 Å². The van der Waals surface area contributed by atoms with E-state index in [1.54, 1.807) is 7.11 Å². The highest BCUT2D eigenvalue weighted by molar-refractivity contribution is 6.36. The number of carbonyl (C=O) groups excluding carboxylic acids is 3. The number of piperidine rings is 1. The molecule has 4 aliphatic rings. The Labute approximate surface area is 205 Å². The molecule has 0 unspecified atom stereocenters. The summed E-state index contributed by atoms with van der Waals surface area (Å²) in [5.41, 5.74) is 1.24. The van der Waals surface area contributed by atoms with Gasteiger partial charge in [-0.2, -0.15) is 0 Å². The fraction of sp³-hybridized carbons (Fsp3) is 0.464. The Bertz CT molecular complexity index is 1210. The predicted octanol–water partition coefficient (Wildman–Crippen LogP) is 3.35. The molecule has 1 saturated carbocycles. The number of fused-ring (bicyclic) bond motifs is 1. The fourth-order valence-electron chi connectivity index (χ4n) is 7.90. The fourth-order valence-corrected chi connectivity index (χ4v) is 7.90. The summed E-state index contributed by atoms with van der Waals surface area (Å²) in [6.45, 7) is 1.72. The van der Waals surface area contributed by atoms with Crippen molar-refractivity contribution >= 4 is 23.3 Å². The Hall–Kier alpha value is -3.19. The zero-order chi connectivity index (χ0) is 24.4. The maximum absolute atomic E-state index is 14.0. The van der Waals surface area contributed by atoms with Gasteiger partial charge < -0.3 is 14.4 Å². The average Bonchev–Trinajstić information content (AvgIpc) is 3.45. The molecular weight excluding hydrogens is 444 g/mol. The van der Waals surface area contributed by atoms with Crippen LogP contribution < -0.4 is 9.64 Å². The number of anilines is 1. The number of Topliss-reactive ketones (excluding diaryl/α,β-unsaturated/α-hetero) is 1. The highest BCUT2D eigenvalue weighted by atomic mass is 16.5. The van der Waals surface area contributed by atoms with E-state index in [4.69, 9.17) is 9.47 Å². The van der Waals surface area contributed by atoms with E-state index in [-0.39, 0.29) is 18.0 Å². The molecule has 3 aliphatic heterocycles. The predicted molar refractivity (Wildman–Crippen MR) is 130 cm³/mol. The first-order chi connectivity index (χ1) is 17.0. The molecule has 35 heavy (non-hydrogen) atoms. The van der Waals surface area contributed by atoms with Crippen LogP contribution in [0.4, 0.5) is 5.69 Å². The maximum Gasteiger partial charge on any atom is 0.374 e.